The number of quaternary nitrogens is 1. The number of hydrogen-bond acceptors (Lipinski definition) is 3. The number of phenolic OH excluding ortho intramolecular Hbond substituents is 1. The molecule has 1 amide bonds. The van der Waals surface area contributed by atoms with Gasteiger partial charge in [0.25, 0.3) is 5.91 Å². The normalized spacial score (nSPS) is 15.8. The Morgan fingerprint density at radius 2 is 1.91 bits per heavy atom. The molecule has 0 bridgehead atoms. The SMILES string of the molecule is CCCCCNC(=O)C[NH+]1CCN(c2ccc(O)cc2)CC1. The summed E-state index contributed by atoms with van der Waals surface area (Å²) in [5.74, 6) is 0.469. The Morgan fingerprint density at radius 1 is 1.23 bits per heavy atom. The number of carbonyl (C=O) groups excluding carboxylic acids is 1. The van der Waals surface area contributed by atoms with Crippen LogP contribution in [0.15, 0.2) is 24.3 Å². The van der Waals surface area contributed by atoms with E-state index in [1.54, 1.807) is 12.1 Å². The molecule has 0 radical (unpaired) electrons. The van der Waals surface area contributed by atoms with Gasteiger partial charge in [-0.2, -0.15) is 0 Å². The first-order chi connectivity index (χ1) is 10.7. The van der Waals surface area contributed by atoms with Crippen molar-refractivity contribution in [3.05, 3.63) is 24.3 Å². The second kappa shape index (κ2) is 8.63. The van der Waals surface area contributed by atoms with Gasteiger partial charge in [-0.05, 0) is 30.7 Å². The summed E-state index contributed by atoms with van der Waals surface area (Å²) in [5.41, 5.74) is 1.14. The van der Waals surface area contributed by atoms with E-state index in [0.29, 0.717) is 12.3 Å². The minimum atomic E-state index is 0.171. The van der Waals surface area contributed by atoms with Crippen molar-refractivity contribution >= 4 is 11.6 Å². The third-order valence-electron chi connectivity index (χ3n) is 4.20. The van der Waals surface area contributed by atoms with Gasteiger partial charge in [0.15, 0.2) is 6.54 Å². The van der Waals surface area contributed by atoms with E-state index in [9.17, 15) is 9.90 Å². The molecule has 5 nitrogen and oxygen atoms in total. The maximum Gasteiger partial charge on any atom is 0.275 e. The fraction of sp³-hybridized carbons (Fsp3) is 0.588. The van der Waals surface area contributed by atoms with Gasteiger partial charge in [0, 0.05) is 12.2 Å². The van der Waals surface area contributed by atoms with Crippen LogP contribution in [0.2, 0.25) is 0 Å². The van der Waals surface area contributed by atoms with Crippen LogP contribution in [0, 0.1) is 0 Å². The van der Waals surface area contributed by atoms with Gasteiger partial charge in [0.1, 0.15) is 5.75 Å². The van der Waals surface area contributed by atoms with Crippen LogP contribution in [0.25, 0.3) is 0 Å². The predicted octanol–water partition coefficient (Wildman–Crippen LogP) is 0.404. The van der Waals surface area contributed by atoms with E-state index in [2.05, 4.69) is 17.1 Å². The molecule has 5 heteroatoms. The number of amides is 1. The third kappa shape index (κ3) is 5.22. The minimum absolute atomic E-state index is 0.171. The maximum absolute atomic E-state index is 11.9. The maximum atomic E-state index is 11.9. The highest BCUT2D eigenvalue weighted by Gasteiger charge is 2.22. The molecule has 0 atom stereocenters. The van der Waals surface area contributed by atoms with E-state index in [1.807, 2.05) is 12.1 Å². The fourth-order valence-electron chi connectivity index (χ4n) is 2.81. The third-order valence-corrected chi connectivity index (χ3v) is 4.20. The van der Waals surface area contributed by atoms with Crippen molar-refractivity contribution in [2.45, 2.75) is 26.2 Å². The summed E-state index contributed by atoms with van der Waals surface area (Å²) in [6.45, 7) is 7.40. The molecule has 1 fully saturated rings. The van der Waals surface area contributed by atoms with E-state index < -0.39 is 0 Å². The number of unbranched alkanes of at least 4 members (excludes halogenated alkanes) is 2. The number of carbonyl (C=O) groups is 1. The smallest absolute Gasteiger partial charge is 0.275 e. The number of phenols is 1. The van der Waals surface area contributed by atoms with E-state index in [-0.39, 0.29) is 5.91 Å². The van der Waals surface area contributed by atoms with Gasteiger partial charge in [-0.25, -0.2) is 0 Å². The molecule has 122 valence electrons. The van der Waals surface area contributed by atoms with Gasteiger partial charge in [0.2, 0.25) is 0 Å². The van der Waals surface area contributed by atoms with Crippen LogP contribution in [0.1, 0.15) is 26.2 Å². The first kappa shape index (κ1) is 16.6. The minimum Gasteiger partial charge on any atom is -0.508 e. The quantitative estimate of drug-likeness (QED) is 0.639. The monoisotopic (exact) mass is 306 g/mol. The molecule has 0 aliphatic carbocycles. The highest BCUT2D eigenvalue weighted by Crippen LogP contribution is 2.17. The zero-order valence-electron chi connectivity index (χ0n) is 13.5. The molecule has 22 heavy (non-hydrogen) atoms. The van der Waals surface area contributed by atoms with Gasteiger partial charge < -0.3 is 20.2 Å². The van der Waals surface area contributed by atoms with Crippen LogP contribution in [-0.2, 0) is 4.79 Å². The summed E-state index contributed by atoms with van der Waals surface area (Å²) in [6, 6.07) is 7.33. The Morgan fingerprint density at radius 3 is 2.55 bits per heavy atom. The van der Waals surface area contributed by atoms with Gasteiger partial charge in [-0.15, -0.1) is 0 Å². The van der Waals surface area contributed by atoms with E-state index in [0.717, 1.165) is 44.8 Å². The second-order valence-electron chi connectivity index (χ2n) is 5.99. The lowest BCUT2D eigenvalue weighted by Gasteiger charge is -2.33. The van der Waals surface area contributed by atoms with E-state index in [4.69, 9.17) is 0 Å². The average Bonchev–Trinajstić information content (AvgIpc) is 2.53. The summed E-state index contributed by atoms with van der Waals surface area (Å²) in [5, 5.41) is 12.3. The van der Waals surface area contributed by atoms with Crippen molar-refractivity contribution in [3.8, 4) is 5.75 Å². The molecule has 2 rings (SSSR count). The average molecular weight is 306 g/mol. The van der Waals surface area contributed by atoms with Gasteiger partial charge in [-0.3, -0.25) is 4.79 Å². The van der Waals surface area contributed by atoms with E-state index >= 15 is 0 Å². The van der Waals surface area contributed by atoms with Crippen LogP contribution in [0.4, 0.5) is 5.69 Å². The molecular weight excluding hydrogens is 278 g/mol. The Bertz CT molecular complexity index is 453. The number of nitrogens with zero attached hydrogens (tertiary/aromatic N) is 1. The lowest BCUT2D eigenvalue weighted by molar-refractivity contribution is -0.892. The summed E-state index contributed by atoms with van der Waals surface area (Å²) in [4.78, 5) is 15.5. The highest BCUT2D eigenvalue weighted by molar-refractivity contribution is 5.76. The molecule has 0 unspecified atom stereocenters. The molecule has 0 spiro atoms. The molecule has 0 aromatic heterocycles. The Labute approximate surface area is 132 Å². The molecule has 0 saturated carbocycles. The molecule has 1 heterocycles. The van der Waals surface area contributed by atoms with Crippen molar-refractivity contribution in [2.75, 3.05) is 44.2 Å². The second-order valence-corrected chi connectivity index (χ2v) is 5.99. The predicted molar refractivity (Wildman–Crippen MR) is 88.4 cm³/mol. The zero-order valence-corrected chi connectivity index (χ0v) is 13.5. The number of hydrogen-bond donors (Lipinski definition) is 3. The Kier molecular flexibility index (Phi) is 6.52. The molecule has 1 aromatic carbocycles. The number of anilines is 1. The van der Waals surface area contributed by atoms with Gasteiger partial charge >= 0.3 is 0 Å². The standard InChI is InChI=1S/C17H27N3O2/c1-2-3-4-9-18-17(22)14-19-10-12-20(13-11-19)15-5-7-16(21)8-6-15/h5-8,21H,2-4,9-14H2,1H3,(H,18,22)/p+1. The number of benzene rings is 1. The zero-order chi connectivity index (χ0) is 15.8. The van der Waals surface area contributed by atoms with Crippen LogP contribution < -0.4 is 15.1 Å². The largest absolute Gasteiger partial charge is 0.508 e. The molecule has 1 aliphatic rings. The van der Waals surface area contributed by atoms with Crippen molar-refractivity contribution in [2.24, 2.45) is 0 Å². The highest BCUT2D eigenvalue weighted by atomic mass is 16.3. The molecule has 1 saturated heterocycles. The van der Waals surface area contributed by atoms with Crippen molar-refractivity contribution in [1.29, 1.82) is 0 Å². The number of rotatable bonds is 7. The fourth-order valence-corrected chi connectivity index (χ4v) is 2.81. The van der Waals surface area contributed by atoms with Gasteiger partial charge in [-0.1, -0.05) is 19.8 Å². The Hall–Kier alpha value is -1.75. The van der Waals surface area contributed by atoms with Crippen LogP contribution in [0.5, 0.6) is 5.75 Å². The first-order valence-electron chi connectivity index (χ1n) is 8.33. The topological polar surface area (TPSA) is 57.0 Å². The van der Waals surface area contributed by atoms with Crippen LogP contribution in [0.3, 0.4) is 0 Å². The number of piperazine rings is 1. The summed E-state index contributed by atoms with van der Waals surface area (Å²) in [7, 11) is 0. The summed E-state index contributed by atoms with van der Waals surface area (Å²) in [6.07, 6.45) is 3.44. The summed E-state index contributed by atoms with van der Waals surface area (Å²) >= 11 is 0. The molecule has 3 N–H and O–H groups in total. The first-order valence-corrected chi connectivity index (χ1v) is 8.33. The summed E-state index contributed by atoms with van der Waals surface area (Å²) < 4.78 is 0. The van der Waals surface area contributed by atoms with Gasteiger partial charge in [0.05, 0.1) is 26.2 Å². The van der Waals surface area contributed by atoms with Crippen molar-refractivity contribution in [3.63, 3.8) is 0 Å². The van der Waals surface area contributed by atoms with Crippen molar-refractivity contribution in [1.82, 2.24) is 5.32 Å². The molecule has 1 aromatic rings. The lowest BCUT2D eigenvalue weighted by Crippen LogP contribution is -3.15. The molecule has 1 aliphatic heterocycles. The van der Waals surface area contributed by atoms with Crippen molar-refractivity contribution < 1.29 is 14.8 Å². The van der Waals surface area contributed by atoms with Crippen LogP contribution in [-0.4, -0.2) is 50.3 Å². The Balaban J connectivity index is 1.68. The van der Waals surface area contributed by atoms with E-state index in [1.165, 1.54) is 17.7 Å². The number of aromatic hydroxyl groups is 1. The number of nitrogens with one attached hydrogen (secondary N) is 2. The molecular formula is C17H28N3O2+. The lowest BCUT2D eigenvalue weighted by atomic mass is 10.2. The van der Waals surface area contributed by atoms with Crippen LogP contribution >= 0.6 is 0 Å².